The average Bonchev–Trinajstić information content (AvgIpc) is 2.96. The van der Waals surface area contributed by atoms with Crippen molar-refractivity contribution in [3.63, 3.8) is 0 Å². The molecule has 2 amide bonds. The second-order valence-corrected chi connectivity index (χ2v) is 6.43. The van der Waals surface area contributed by atoms with E-state index in [-0.39, 0.29) is 24.2 Å². The van der Waals surface area contributed by atoms with Gasteiger partial charge in [0.2, 0.25) is 11.8 Å². The van der Waals surface area contributed by atoms with Crippen LogP contribution in [-0.4, -0.2) is 38.1 Å². The highest BCUT2D eigenvalue weighted by Crippen LogP contribution is 2.26. The van der Waals surface area contributed by atoms with Gasteiger partial charge in [0.05, 0.1) is 5.92 Å². The molecule has 132 valence electrons. The molecule has 1 atom stereocenters. The van der Waals surface area contributed by atoms with Crippen LogP contribution < -0.4 is 10.2 Å². The van der Waals surface area contributed by atoms with E-state index >= 15 is 0 Å². The van der Waals surface area contributed by atoms with E-state index in [9.17, 15) is 9.59 Å². The Morgan fingerprint density at radius 2 is 2.00 bits per heavy atom. The van der Waals surface area contributed by atoms with Gasteiger partial charge < -0.3 is 15.0 Å². The fraction of sp³-hybridized carbons (Fsp3) is 0.556. The molecule has 0 aliphatic carbocycles. The first kappa shape index (κ1) is 18.7. The quantitative estimate of drug-likeness (QED) is 0.695. The Balaban J connectivity index is 1.72. The van der Waals surface area contributed by atoms with Crippen molar-refractivity contribution >= 4 is 29.1 Å². The van der Waals surface area contributed by atoms with Crippen LogP contribution in [0.25, 0.3) is 0 Å². The Bertz CT molecular complexity index is 548. The molecule has 5 nitrogen and oxygen atoms in total. The molecular weight excluding hydrogens is 328 g/mol. The summed E-state index contributed by atoms with van der Waals surface area (Å²) in [5.74, 6) is -0.386. The van der Waals surface area contributed by atoms with Gasteiger partial charge in [0, 0.05) is 43.4 Å². The predicted octanol–water partition coefficient (Wildman–Crippen LogP) is 3.02. The Hall–Kier alpha value is -1.59. The number of amides is 2. The number of nitrogens with one attached hydrogen (secondary N) is 1. The van der Waals surface area contributed by atoms with E-state index < -0.39 is 0 Å². The molecule has 1 aliphatic heterocycles. The van der Waals surface area contributed by atoms with Crippen molar-refractivity contribution in [1.29, 1.82) is 0 Å². The van der Waals surface area contributed by atoms with Gasteiger partial charge in [-0.15, -0.1) is 0 Å². The Kier molecular flexibility index (Phi) is 7.53. The molecule has 1 aromatic rings. The van der Waals surface area contributed by atoms with Crippen LogP contribution in [-0.2, 0) is 14.3 Å². The number of nitrogens with zero attached hydrogens (tertiary/aromatic N) is 1. The fourth-order valence-electron chi connectivity index (χ4n) is 2.63. The number of hydrogen-bond donors (Lipinski definition) is 1. The van der Waals surface area contributed by atoms with E-state index in [2.05, 4.69) is 12.2 Å². The van der Waals surface area contributed by atoms with Crippen LogP contribution in [0, 0.1) is 5.92 Å². The maximum Gasteiger partial charge on any atom is 0.227 e. The molecule has 1 aromatic carbocycles. The van der Waals surface area contributed by atoms with Crippen LogP contribution in [0.3, 0.4) is 0 Å². The van der Waals surface area contributed by atoms with Gasteiger partial charge in [-0.25, -0.2) is 0 Å². The Morgan fingerprint density at radius 1 is 1.29 bits per heavy atom. The smallest absolute Gasteiger partial charge is 0.227 e. The maximum absolute atomic E-state index is 12.2. The second kappa shape index (κ2) is 9.64. The van der Waals surface area contributed by atoms with Crippen LogP contribution in [0.4, 0.5) is 5.69 Å². The summed E-state index contributed by atoms with van der Waals surface area (Å²) >= 11 is 5.87. The molecule has 6 heteroatoms. The summed E-state index contributed by atoms with van der Waals surface area (Å²) in [4.78, 5) is 26.0. The highest BCUT2D eigenvalue weighted by molar-refractivity contribution is 6.30. The molecule has 0 bridgehead atoms. The van der Waals surface area contributed by atoms with Crippen molar-refractivity contribution in [3.05, 3.63) is 29.3 Å². The summed E-state index contributed by atoms with van der Waals surface area (Å²) in [5, 5.41) is 3.52. The normalized spacial score (nSPS) is 17.3. The lowest BCUT2D eigenvalue weighted by atomic mass is 10.1. The number of carbonyl (C=O) groups excluding carboxylic acids is 2. The van der Waals surface area contributed by atoms with E-state index in [1.54, 1.807) is 29.2 Å². The number of halogens is 1. The minimum absolute atomic E-state index is 0.0274. The number of rotatable bonds is 9. The highest BCUT2D eigenvalue weighted by atomic mass is 35.5. The van der Waals surface area contributed by atoms with Crippen molar-refractivity contribution in [1.82, 2.24) is 5.32 Å². The SMILES string of the molecule is CCCCOCCCNC(=O)C1CC(=O)N(c2ccc(Cl)cc2)C1. The molecule has 24 heavy (non-hydrogen) atoms. The van der Waals surface area contributed by atoms with Crippen LogP contribution in [0.1, 0.15) is 32.6 Å². The first-order chi connectivity index (χ1) is 11.6. The fourth-order valence-corrected chi connectivity index (χ4v) is 2.76. The summed E-state index contributed by atoms with van der Waals surface area (Å²) in [6.07, 6.45) is 3.23. The molecule has 2 rings (SSSR count). The third-order valence-corrected chi connectivity index (χ3v) is 4.29. The number of ether oxygens (including phenoxy) is 1. The summed E-state index contributed by atoms with van der Waals surface area (Å²) in [6, 6.07) is 7.09. The van der Waals surface area contributed by atoms with E-state index in [0.717, 1.165) is 31.6 Å². The maximum atomic E-state index is 12.2. The largest absolute Gasteiger partial charge is 0.381 e. The summed E-state index contributed by atoms with van der Waals surface area (Å²) in [5.41, 5.74) is 0.782. The minimum atomic E-state index is -0.297. The lowest BCUT2D eigenvalue weighted by Gasteiger charge is -2.16. The van der Waals surface area contributed by atoms with Gasteiger partial charge in [0.25, 0.3) is 0 Å². The van der Waals surface area contributed by atoms with Crippen LogP contribution >= 0.6 is 11.6 Å². The molecule has 0 radical (unpaired) electrons. The summed E-state index contributed by atoms with van der Waals surface area (Å²) in [6.45, 7) is 4.55. The molecule has 1 unspecified atom stereocenters. The minimum Gasteiger partial charge on any atom is -0.381 e. The first-order valence-corrected chi connectivity index (χ1v) is 8.91. The third kappa shape index (κ3) is 5.49. The lowest BCUT2D eigenvalue weighted by Crippen LogP contribution is -2.33. The molecule has 1 aliphatic rings. The summed E-state index contributed by atoms with van der Waals surface area (Å²) < 4.78 is 5.46. The molecule has 1 saturated heterocycles. The highest BCUT2D eigenvalue weighted by Gasteiger charge is 2.34. The average molecular weight is 353 g/mol. The number of hydrogen-bond acceptors (Lipinski definition) is 3. The standard InChI is InChI=1S/C18H25ClN2O3/c1-2-3-10-24-11-4-9-20-18(23)14-12-17(22)21(13-14)16-7-5-15(19)6-8-16/h5-8,14H,2-4,9-13H2,1H3,(H,20,23). The van der Waals surface area contributed by atoms with Gasteiger partial charge in [-0.3, -0.25) is 9.59 Å². The van der Waals surface area contributed by atoms with Crippen LogP contribution in [0.5, 0.6) is 0 Å². The van der Waals surface area contributed by atoms with Gasteiger partial charge in [-0.05, 0) is 37.1 Å². The zero-order chi connectivity index (χ0) is 17.4. The second-order valence-electron chi connectivity index (χ2n) is 5.99. The van der Waals surface area contributed by atoms with E-state index in [1.165, 1.54) is 0 Å². The Labute approximate surface area is 148 Å². The first-order valence-electron chi connectivity index (χ1n) is 8.53. The van der Waals surface area contributed by atoms with Gasteiger partial charge in [-0.1, -0.05) is 24.9 Å². The van der Waals surface area contributed by atoms with Gasteiger partial charge in [0.15, 0.2) is 0 Å². The topological polar surface area (TPSA) is 58.6 Å². The number of benzene rings is 1. The molecule has 0 aromatic heterocycles. The monoisotopic (exact) mass is 352 g/mol. The zero-order valence-electron chi connectivity index (χ0n) is 14.1. The van der Waals surface area contributed by atoms with Gasteiger partial charge >= 0.3 is 0 Å². The van der Waals surface area contributed by atoms with E-state index in [4.69, 9.17) is 16.3 Å². The van der Waals surface area contributed by atoms with Crippen molar-refractivity contribution in [2.24, 2.45) is 5.92 Å². The molecule has 1 heterocycles. The number of unbranched alkanes of at least 4 members (excludes halogenated alkanes) is 1. The van der Waals surface area contributed by atoms with Crippen LogP contribution in [0.2, 0.25) is 5.02 Å². The number of anilines is 1. The van der Waals surface area contributed by atoms with Crippen molar-refractivity contribution < 1.29 is 14.3 Å². The molecular formula is C18H25ClN2O3. The van der Waals surface area contributed by atoms with Gasteiger partial charge in [0.1, 0.15) is 0 Å². The molecule has 1 N–H and O–H groups in total. The predicted molar refractivity (Wildman–Crippen MR) is 95.3 cm³/mol. The van der Waals surface area contributed by atoms with E-state index in [0.29, 0.717) is 24.7 Å². The summed E-state index contributed by atoms with van der Waals surface area (Å²) in [7, 11) is 0. The number of carbonyl (C=O) groups is 2. The molecule has 1 fully saturated rings. The van der Waals surface area contributed by atoms with Crippen molar-refractivity contribution in [2.75, 3.05) is 31.2 Å². The Morgan fingerprint density at radius 3 is 2.71 bits per heavy atom. The van der Waals surface area contributed by atoms with Crippen molar-refractivity contribution in [3.8, 4) is 0 Å². The van der Waals surface area contributed by atoms with Gasteiger partial charge in [-0.2, -0.15) is 0 Å². The van der Waals surface area contributed by atoms with Crippen molar-refractivity contribution in [2.45, 2.75) is 32.6 Å². The van der Waals surface area contributed by atoms with Crippen LogP contribution in [0.15, 0.2) is 24.3 Å². The molecule has 0 saturated carbocycles. The third-order valence-electron chi connectivity index (χ3n) is 4.04. The van der Waals surface area contributed by atoms with E-state index in [1.807, 2.05) is 0 Å². The zero-order valence-corrected chi connectivity index (χ0v) is 14.8. The molecule has 0 spiro atoms. The lowest BCUT2D eigenvalue weighted by molar-refractivity contribution is -0.126.